The Morgan fingerprint density at radius 3 is 2.44 bits per heavy atom. The van der Waals surface area contributed by atoms with Crippen molar-refractivity contribution in [2.24, 2.45) is 0 Å². The van der Waals surface area contributed by atoms with Crippen molar-refractivity contribution in [1.29, 1.82) is 0 Å². The summed E-state index contributed by atoms with van der Waals surface area (Å²) in [4.78, 5) is 13.9. The van der Waals surface area contributed by atoms with Gasteiger partial charge in [0, 0.05) is 44.3 Å². The Morgan fingerprint density at radius 2 is 1.93 bits per heavy atom. The summed E-state index contributed by atoms with van der Waals surface area (Å²) in [5.74, 6) is -0.161. The first kappa shape index (κ1) is 20.1. The normalized spacial score (nSPS) is 20.5. The number of hydrogen-bond donors (Lipinski definition) is 2. The lowest BCUT2D eigenvalue weighted by atomic mass is 10.1. The zero-order valence-corrected chi connectivity index (χ0v) is 16.1. The molecule has 1 aliphatic carbocycles. The topological polar surface area (TPSA) is 62.2 Å². The molecule has 1 saturated carbocycles. The standard InChI is InChI=1S/C18H28F3N5O/c1-17(2,3)26-14(12-4-5-12)10-13(24-26)16(27)23-11-15(18(19,20)21)25-8-6-22-7-9-25/h10,12,15,22H,4-9,11H2,1-3H3,(H,23,27). The van der Waals surface area contributed by atoms with Crippen molar-refractivity contribution in [3.05, 3.63) is 17.5 Å². The SMILES string of the molecule is CC(C)(C)n1nc(C(=O)NCC(N2CCNCC2)C(F)(F)F)cc1C1CC1. The molecular formula is C18H28F3N5O. The number of halogens is 3. The Balaban J connectivity index is 1.70. The van der Waals surface area contributed by atoms with Crippen molar-refractivity contribution in [2.75, 3.05) is 32.7 Å². The van der Waals surface area contributed by atoms with E-state index in [2.05, 4.69) is 15.7 Å². The average Bonchev–Trinajstić information content (AvgIpc) is 3.31. The van der Waals surface area contributed by atoms with Gasteiger partial charge in [-0.1, -0.05) is 0 Å². The van der Waals surface area contributed by atoms with E-state index < -0.39 is 24.7 Å². The van der Waals surface area contributed by atoms with Crippen LogP contribution in [0.15, 0.2) is 6.07 Å². The van der Waals surface area contributed by atoms with Gasteiger partial charge in [-0.15, -0.1) is 0 Å². The summed E-state index contributed by atoms with van der Waals surface area (Å²) in [6.07, 6.45) is -2.28. The summed E-state index contributed by atoms with van der Waals surface area (Å²) >= 11 is 0. The molecule has 1 atom stereocenters. The Bertz CT molecular complexity index is 670. The van der Waals surface area contributed by atoms with E-state index in [9.17, 15) is 18.0 Å². The molecular weight excluding hydrogens is 359 g/mol. The molecule has 2 heterocycles. The van der Waals surface area contributed by atoms with Crippen LogP contribution in [0, 0.1) is 0 Å². The number of rotatable bonds is 5. The molecule has 27 heavy (non-hydrogen) atoms. The highest BCUT2D eigenvalue weighted by atomic mass is 19.4. The zero-order valence-electron chi connectivity index (χ0n) is 16.1. The lowest BCUT2D eigenvalue weighted by molar-refractivity contribution is -0.183. The highest BCUT2D eigenvalue weighted by Crippen LogP contribution is 2.41. The van der Waals surface area contributed by atoms with E-state index in [0.29, 0.717) is 32.1 Å². The van der Waals surface area contributed by atoms with E-state index >= 15 is 0 Å². The van der Waals surface area contributed by atoms with Gasteiger partial charge in [0.1, 0.15) is 11.7 Å². The lowest BCUT2D eigenvalue weighted by Crippen LogP contribution is -2.57. The second-order valence-corrected chi connectivity index (χ2v) is 8.36. The van der Waals surface area contributed by atoms with Gasteiger partial charge in [-0.3, -0.25) is 14.4 Å². The molecule has 1 unspecified atom stereocenters. The number of carbonyl (C=O) groups excluding carboxylic acids is 1. The van der Waals surface area contributed by atoms with Gasteiger partial charge in [0.2, 0.25) is 0 Å². The average molecular weight is 387 g/mol. The molecule has 0 spiro atoms. The second-order valence-electron chi connectivity index (χ2n) is 8.36. The molecule has 3 rings (SSSR count). The van der Waals surface area contributed by atoms with Gasteiger partial charge in [-0.05, 0) is 39.7 Å². The minimum Gasteiger partial charge on any atom is -0.349 e. The van der Waals surface area contributed by atoms with E-state index in [4.69, 9.17) is 0 Å². The van der Waals surface area contributed by atoms with Crippen LogP contribution in [0.1, 0.15) is 55.7 Å². The molecule has 152 valence electrons. The number of alkyl halides is 3. The summed E-state index contributed by atoms with van der Waals surface area (Å²) in [6.45, 7) is 7.17. The maximum Gasteiger partial charge on any atom is 0.405 e. The fourth-order valence-electron chi connectivity index (χ4n) is 3.44. The van der Waals surface area contributed by atoms with Crippen molar-refractivity contribution in [1.82, 2.24) is 25.3 Å². The molecule has 0 aromatic carbocycles. The number of amides is 1. The second kappa shape index (κ2) is 7.43. The van der Waals surface area contributed by atoms with E-state index in [1.54, 1.807) is 6.07 Å². The molecule has 0 radical (unpaired) electrons. The maximum atomic E-state index is 13.5. The molecule has 1 saturated heterocycles. The van der Waals surface area contributed by atoms with Crippen LogP contribution >= 0.6 is 0 Å². The van der Waals surface area contributed by atoms with Crippen LogP contribution in [-0.2, 0) is 5.54 Å². The first-order valence-electron chi connectivity index (χ1n) is 9.47. The molecule has 2 N–H and O–H groups in total. The molecule has 6 nitrogen and oxygen atoms in total. The van der Waals surface area contributed by atoms with Gasteiger partial charge < -0.3 is 10.6 Å². The Labute approximate surface area is 157 Å². The van der Waals surface area contributed by atoms with Crippen molar-refractivity contribution in [2.45, 2.75) is 57.3 Å². The number of aromatic nitrogens is 2. The molecule has 0 bridgehead atoms. The smallest absolute Gasteiger partial charge is 0.349 e. The quantitative estimate of drug-likeness (QED) is 0.812. The fourth-order valence-corrected chi connectivity index (χ4v) is 3.44. The predicted octanol–water partition coefficient (Wildman–Crippen LogP) is 2.08. The molecule has 2 aliphatic rings. The summed E-state index contributed by atoms with van der Waals surface area (Å²) in [5.41, 5.74) is 0.890. The number of nitrogens with zero attached hydrogens (tertiary/aromatic N) is 3. The van der Waals surface area contributed by atoms with Gasteiger partial charge in [0.25, 0.3) is 5.91 Å². The van der Waals surface area contributed by atoms with E-state index in [1.807, 2.05) is 25.5 Å². The van der Waals surface area contributed by atoms with Crippen molar-refractivity contribution in [3.8, 4) is 0 Å². The third-order valence-electron chi connectivity index (χ3n) is 5.03. The van der Waals surface area contributed by atoms with Crippen LogP contribution < -0.4 is 10.6 Å². The van der Waals surface area contributed by atoms with Gasteiger partial charge in [-0.2, -0.15) is 18.3 Å². The van der Waals surface area contributed by atoms with Crippen molar-refractivity contribution < 1.29 is 18.0 Å². The van der Waals surface area contributed by atoms with Crippen molar-refractivity contribution >= 4 is 5.91 Å². The van der Waals surface area contributed by atoms with Gasteiger partial charge in [-0.25, -0.2) is 0 Å². The molecule has 2 fully saturated rings. The van der Waals surface area contributed by atoms with Gasteiger partial charge in [0.15, 0.2) is 0 Å². The minimum atomic E-state index is -4.39. The molecule has 1 aromatic rings. The summed E-state index contributed by atoms with van der Waals surface area (Å²) in [7, 11) is 0. The van der Waals surface area contributed by atoms with Crippen LogP contribution in [-0.4, -0.2) is 65.5 Å². The van der Waals surface area contributed by atoms with Crippen LogP contribution in [0.3, 0.4) is 0 Å². The molecule has 1 aromatic heterocycles. The van der Waals surface area contributed by atoms with Crippen LogP contribution in [0.5, 0.6) is 0 Å². The number of hydrogen-bond acceptors (Lipinski definition) is 4. The van der Waals surface area contributed by atoms with Crippen LogP contribution in [0.2, 0.25) is 0 Å². The predicted molar refractivity (Wildman–Crippen MR) is 95.8 cm³/mol. The van der Waals surface area contributed by atoms with E-state index in [-0.39, 0.29) is 11.2 Å². The summed E-state index contributed by atoms with van der Waals surface area (Å²) in [6, 6.07) is 0.0437. The summed E-state index contributed by atoms with van der Waals surface area (Å²) < 4.78 is 42.2. The fraction of sp³-hybridized carbons (Fsp3) is 0.778. The summed E-state index contributed by atoms with van der Waals surface area (Å²) in [5, 5.41) is 9.89. The zero-order chi connectivity index (χ0) is 19.8. The molecule has 9 heteroatoms. The third kappa shape index (κ3) is 4.82. The number of nitrogens with one attached hydrogen (secondary N) is 2. The first-order valence-corrected chi connectivity index (χ1v) is 9.47. The van der Waals surface area contributed by atoms with Crippen molar-refractivity contribution in [3.63, 3.8) is 0 Å². The minimum absolute atomic E-state index is 0.188. The highest BCUT2D eigenvalue weighted by Gasteiger charge is 2.44. The Hall–Kier alpha value is -1.61. The Morgan fingerprint density at radius 1 is 1.30 bits per heavy atom. The van der Waals surface area contributed by atoms with Crippen LogP contribution in [0.4, 0.5) is 13.2 Å². The maximum absolute atomic E-state index is 13.5. The van der Waals surface area contributed by atoms with Gasteiger partial charge in [0.05, 0.1) is 5.54 Å². The van der Waals surface area contributed by atoms with E-state index in [0.717, 1.165) is 18.5 Å². The lowest BCUT2D eigenvalue weighted by Gasteiger charge is -2.35. The largest absolute Gasteiger partial charge is 0.405 e. The molecule has 1 aliphatic heterocycles. The third-order valence-corrected chi connectivity index (χ3v) is 5.03. The first-order chi connectivity index (χ1) is 12.6. The highest BCUT2D eigenvalue weighted by molar-refractivity contribution is 5.92. The number of carbonyl (C=O) groups is 1. The Kier molecular flexibility index (Phi) is 5.54. The van der Waals surface area contributed by atoms with Gasteiger partial charge >= 0.3 is 6.18 Å². The van der Waals surface area contributed by atoms with Crippen LogP contribution in [0.25, 0.3) is 0 Å². The number of piperazine rings is 1. The monoisotopic (exact) mass is 387 g/mol. The van der Waals surface area contributed by atoms with E-state index in [1.165, 1.54) is 4.90 Å². The molecule has 1 amide bonds.